The molecule has 0 aromatic heterocycles. The number of rotatable bonds is 6. The van der Waals surface area contributed by atoms with E-state index < -0.39 is 38.2 Å². The minimum absolute atomic E-state index is 0.134. The predicted molar refractivity (Wildman–Crippen MR) is 88.2 cm³/mol. The number of carbonyl (C=O) groups is 1. The molecule has 1 aromatic carbocycles. The SMILES string of the molecule is COC(=O)c1ccc(S(=O)(=O)NCCC2CCCNC2)cc1C(F)(F)F. The topological polar surface area (TPSA) is 84.5 Å². The number of ether oxygens (including phenoxy) is 1. The summed E-state index contributed by atoms with van der Waals surface area (Å²) in [6.45, 7) is 1.87. The zero-order valence-electron chi connectivity index (χ0n) is 14.2. The monoisotopic (exact) mass is 394 g/mol. The number of halogens is 3. The largest absolute Gasteiger partial charge is 0.465 e. The Hall–Kier alpha value is -1.65. The van der Waals surface area contributed by atoms with Crippen molar-refractivity contribution in [1.82, 2.24) is 10.0 Å². The van der Waals surface area contributed by atoms with Crippen LogP contribution in [0.4, 0.5) is 13.2 Å². The van der Waals surface area contributed by atoms with Crippen LogP contribution in [0.3, 0.4) is 0 Å². The Kier molecular flexibility index (Phi) is 6.64. The van der Waals surface area contributed by atoms with Gasteiger partial charge in [0.25, 0.3) is 0 Å². The fourth-order valence-electron chi connectivity index (χ4n) is 2.86. The van der Waals surface area contributed by atoms with Crippen LogP contribution < -0.4 is 10.0 Å². The number of hydrogen-bond acceptors (Lipinski definition) is 5. The Balaban J connectivity index is 2.16. The van der Waals surface area contributed by atoms with Gasteiger partial charge in [0.2, 0.25) is 10.0 Å². The van der Waals surface area contributed by atoms with Gasteiger partial charge in [0.1, 0.15) is 0 Å². The van der Waals surface area contributed by atoms with E-state index in [2.05, 4.69) is 14.8 Å². The van der Waals surface area contributed by atoms with E-state index in [1.54, 1.807) is 0 Å². The van der Waals surface area contributed by atoms with Gasteiger partial charge in [0.15, 0.2) is 0 Å². The average Bonchev–Trinajstić information content (AvgIpc) is 2.60. The van der Waals surface area contributed by atoms with Crippen LogP contribution in [0.15, 0.2) is 23.1 Å². The summed E-state index contributed by atoms with van der Waals surface area (Å²) in [5, 5.41) is 3.21. The molecular weight excluding hydrogens is 373 g/mol. The number of piperidine rings is 1. The van der Waals surface area contributed by atoms with Crippen molar-refractivity contribution in [3.8, 4) is 0 Å². The number of carbonyl (C=O) groups excluding carboxylic acids is 1. The zero-order chi connectivity index (χ0) is 19.4. The van der Waals surface area contributed by atoms with Crippen LogP contribution in [-0.2, 0) is 20.9 Å². The summed E-state index contributed by atoms with van der Waals surface area (Å²) in [6.07, 6.45) is -2.29. The molecule has 26 heavy (non-hydrogen) atoms. The lowest BCUT2D eigenvalue weighted by atomic mass is 9.96. The van der Waals surface area contributed by atoms with E-state index in [-0.39, 0.29) is 6.54 Å². The number of esters is 1. The first-order chi connectivity index (χ1) is 12.1. The van der Waals surface area contributed by atoms with Crippen LogP contribution in [0, 0.1) is 5.92 Å². The molecule has 1 unspecified atom stereocenters. The van der Waals surface area contributed by atoms with Gasteiger partial charge in [-0.2, -0.15) is 13.2 Å². The molecule has 2 N–H and O–H groups in total. The molecule has 1 aromatic rings. The lowest BCUT2D eigenvalue weighted by Crippen LogP contribution is -2.33. The minimum Gasteiger partial charge on any atom is -0.465 e. The molecule has 1 saturated heterocycles. The van der Waals surface area contributed by atoms with Gasteiger partial charge in [-0.05, 0) is 56.5 Å². The molecule has 1 aliphatic rings. The molecule has 1 heterocycles. The van der Waals surface area contributed by atoms with Gasteiger partial charge in [-0.15, -0.1) is 0 Å². The van der Waals surface area contributed by atoms with Crippen molar-refractivity contribution >= 4 is 16.0 Å². The molecule has 1 atom stereocenters. The summed E-state index contributed by atoms with van der Waals surface area (Å²) in [4.78, 5) is 11.0. The van der Waals surface area contributed by atoms with Crippen LogP contribution >= 0.6 is 0 Å². The van der Waals surface area contributed by atoms with Crippen molar-refractivity contribution in [2.45, 2.75) is 30.3 Å². The van der Waals surface area contributed by atoms with E-state index in [4.69, 9.17) is 0 Å². The first-order valence-electron chi connectivity index (χ1n) is 8.15. The highest BCUT2D eigenvalue weighted by molar-refractivity contribution is 7.89. The molecule has 2 rings (SSSR count). The molecule has 0 spiro atoms. The van der Waals surface area contributed by atoms with Crippen molar-refractivity contribution in [1.29, 1.82) is 0 Å². The van der Waals surface area contributed by atoms with Crippen LogP contribution in [0.25, 0.3) is 0 Å². The Morgan fingerprint density at radius 1 is 1.38 bits per heavy atom. The molecule has 1 aliphatic heterocycles. The first-order valence-corrected chi connectivity index (χ1v) is 9.63. The Morgan fingerprint density at radius 2 is 2.12 bits per heavy atom. The van der Waals surface area contributed by atoms with Crippen LogP contribution in [0.5, 0.6) is 0 Å². The van der Waals surface area contributed by atoms with Crippen molar-refractivity contribution in [3.63, 3.8) is 0 Å². The summed E-state index contributed by atoms with van der Waals surface area (Å²) in [5.41, 5.74) is -2.07. The van der Waals surface area contributed by atoms with E-state index in [0.717, 1.165) is 45.2 Å². The van der Waals surface area contributed by atoms with E-state index in [9.17, 15) is 26.4 Å². The highest BCUT2D eigenvalue weighted by Gasteiger charge is 2.37. The molecule has 6 nitrogen and oxygen atoms in total. The molecule has 10 heteroatoms. The summed E-state index contributed by atoms with van der Waals surface area (Å²) in [5.74, 6) is -0.849. The molecule has 146 valence electrons. The van der Waals surface area contributed by atoms with Crippen LogP contribution in [0.2, 0.25) is 0 Å². The fourth-order valence-corrected chi connectivity index (χ4v) is 3.94. The van der Waals surface area contributed by atoms with Gasteiger partial charge in [-0.3, -0.25) is 0 Å². The van der Waals surface area contributed by atoms with Gasteiger partial charge in [-0.1, -0.05) is 0 Å². The van der Waals surface area contributed by atoms with Crippen LogP contribution in [0.1, 0.15) is 35.2 Å². The maximum Gasteiger partial charge on any atom is 0.417 e. The molecule has 0 saturated carbocycles. The van der Waals surface area contributed by atoms with Gasteiger partial charge < -0.3 is 10.1 Å². The number of methoxy groups -OCH3 is 1. The van der Waals surface area contributed by atoms with E-state index in [1.807, 2.05) is 0 Å². The van der Waals surface area contributed by atoms with Gasteiger partial charge in [-0.25, -0.2) is 17.9 Å². The number of benzene rings is 1. The second-order valence-corrected chi connectivity index (χ2v) is 7.86. The third kappa shape index (κ3) is 5.18. The van der Waals surface area contributed by atoms with Crippen LogP contribution in [-0.4, -0.2) is 41.1 Å². The molecule has 0 aliphatic carbocycles. The third-order valence-corrected chi connectivity index (χ3v) is 5.71. The van der Waals surface area contributed by atoms with Crippen molar-refractivity contribution in [2.24, 2.45) is 5.92 Å². The fraction of sp³-hybridized carbons (Fsp3) is 0.562. The van der Waals surface area contributed by atoms with Gasteiger partial charge in [0.05, 0.1) is 23.1 Å². The second-order valence-electron chi connectivity index (χ2n) is 6.10. The Labute approximate surface area is 150 Å². The summed E-state index contributed by atoms with van der Waals surface area (Å²) >= 11 is 0. The number of alkyl halides is 3. The molecular formula is C16H21F3N2O4S. The Bertz CT molecular complexity index is 744. The number of sulfonamides is 1. The summed E-state index contributed by atoms with van der Waals surface area (Å²) in [7, 11) is -3.16. The zero-order valence-corrected chi connectivity index (χ0v) is 15.0. The lowest BCUT2D eigenvalue weighted by Gasteiger charge is -2.22. The normalized spacial score (nSPS) is 18.5. The maximum atomic E-state index is 13.2. The highest BCUT2D eigenvalue weighted by Crippen LogP contribution is 2.34. The average molecular weight is 394 g/mol. The third-order valence-electron chi connectivity index (χ3n) is 4.26. The quantitative estimate of drug-likeness (QED) is 0.723. The molecule has 1 fully saturated rings. The Morgan fingerprint density at radius 3 is 2.69 bits per heavy atom. The first kappa shape index (κ1) is 20.7. The van der Waals surface area contributed by atoms with Crippen molar-refractivity contribution in [3.05, 3.63) is 29.3 Å². The highest BCUT2D eigenvalue weighted by atomic mass is 32.2. The standard InChI is InChI=1S/C16H21F3N2O4S/c1-25-15(22)13-5-4-12(9-14(13)16(17,18)19)26(23,24)21-8-6-11-3-2-7-20-10-11/h4-5,9,11,20-21H,2-3,6-8,10H2,1H3. The van der Waals surface area contributed by atoms with Gasteiger partial charge >= 0.3 is 12.1 Å². The number of hydrogen-bond donors (Lipinski definition) is 2. The van der Waals surface area contributed by atoms with E-state index in [1.165, 1.54) is 0 Å². The molecule has 0 radical (unpaired) electrons. The van der Waals surface area contributed by atoms with E-state index in [0.29, 0.717) is 18.4 Å². The second kappa shape index (κ2) is 8.36. The van der Waals surface area contributed by atoms with Crippen molar-refractivity contribution in [2.75, 3.05) is 26.7 Å². The van der Waals surface area contributed by atoms with Crippen molar-refractivity contribution < 1.29 is 31.1 Å². The number of nitrogens with one attached hydrogen (secondary N) is 2. The molecule has 0 bridgehead atoms. The minimum atomic E-state index is -4.89. The summed E-state index contributed by atoms with van der Waals surface area (Å²) < 4.78 is 70.8. The molecule has 0 amide bonds. The predicted octanol–water partition coefficient (Wildman–Crippen LogP) is 2.16. The van der Waals surface area contributed by atoms with E-state index >= 15 is 0 Å². The van der Waals surface area contributed by atoms with Gasteiger partial charge in [0, 0.05) is 6.54 Å². The lowest BCUT2D eigenvalue weighted by molar-refractivity contribution is -0.138. The smallest absolute Gasteiger partial charge is 0.417 e. The maximum absolute atomic E-state index is 13.2. The summed E-state index contributed by atoms with van der Waals surface area (Å²) in [6, 6.07) is 2.23.